The van der Waals surface area contributed by atoms with Gasteiger partial charge < -0.3 is 4.74 Å². The first-order chi connectivity index (χ1) is 6.93. The summed E-state index contributed by atoms with van der Waals surface area (Å²) in [4.78, 5) is 0. The lowest BCUT2D eigenvalue weighted by molar-refractivity contribution is 0.445. The van der Waals surface area contributed by atoms with Crippen LogP contribution in [0.2, 0.25) is 0 Å². The lowest BCUT2D eigenvalue weighted by Crippen LogP contribution is -1.71. The zero-order valence-corrected chi connectivity index (χ0v) is 7.69. The fourth-order valence-electron chi connectivity index (χ4n) is 0.498. The van der Waals surface area contributed by atoms with Crippen molar-refractivity contribution in [2.45, 2.75) is 13.0 Å². The third-order valence-electron chi connectivity index (χ3n) is 1.13. The molecule has 0 aromatic rings. The highest BCUT2D eigenvalue weighted by Crippen LogP contribution is 2.04. The van der Waals surface area contributed by atoms with Gasteiger partial charge in [0.25, 0.3) is 0 Å². The number of epoxide rings is 1. The van der Waals surface area contributed by atoms with Crippen LogP contribution in [0.15, 0.2) is 0 Å². The second-order valence-corrected chi connectivity index (χ2v) is 2.22. The lowest BCUT2D eigenvalue weighted by Gasteiger charge is -1.61. The number of ether oxygens (including phenoxy) is 1. The van der Waals surface area contributed by atoms with Crippen LogP contribution in [0.3, 0.4) is 0 Å². The summed E-state index contributed by atoms with van der Waals surface area (Å²) in [5.41, 5.74) is 0. The molecule has 0 N–H and O–H groups in total. The highest BCUT2D eigenvalue weighted by atomic mass is 16.6. The quantitative estimate of drug-likeness (QED) is 0.387. The summed E-state index contributed by atoms with van der Waals surface area (Å²) in [7, 11) is 0. The zero-order valence-electron chi connectivity index (χ0n) is 7.69. The van der Waals surface area contributed by atoms with Crippen molar-refractivity contribution in [1.82, 2.24) is 0 Å². The molecule has 1 heteroatoms. The molecule has 64 valence electrons. The largest absolute Gasteiger partial charge is 0.359 e. The first kappa shape index (κ1) is 9.85. The van der Waals surface area contributed by atoms with Crippen LogP contribution in [0.1, 0.15) is 6.92 Å². The second kappa shape index (κ2) is 6.30. The highest BCUT2D eigenvalue weighted by Gasteiger charge is 2.18. The van der Waals surface area contributed by atoms with E-state index in [9.17, 15) is 0 Å². The molecule has 0 aliphatic carbocycles. The molecule has 0 aromatic carbocycles. The minimum absolute atomic E-state index is 0.0943. The van der Waals surface area contributed by atoms with E-state index in [4.69, 9.17) is 4.74 Å². The fourth-order valence-corrected chi connectivity index (χ4v) is 0.498. The summed E-state index contributed by atoms with van der Waals surface area (Å²) in [6.45, 7) is 2.44. The molecule has 1 aliphatic rings. The Morgan fingerprint density at radius 2 is 1.36 bits per heavy atom. The SMILES string of the molecule is CC#CC#CC#CC#CC#CC1CO1. The van der Waals surface area contributed by atoms with E-state index in [0.717, 1.165) is 6.61 Å². The van der Waals surface area contributed by atoms with Crippen LogP contribution in [0, 0.1) is 59.2 Å². The van der Waals surface area contributed by atoms with Crippen molar-refractivity contribution in [3.8, 4) is 59.2 Å². The fraction of sp³-hybridized carbons (Fsp3) is 0.231. The molecule has 0 radical (unpaired) electrons. The van der Waals surface area contributed by atoms with Gasteiger partial charge in [0.1, 0.15) is 6.10 Å². The lowest BCUT2D eigenvalue weighted by atomic mass is 10.4. The van der Waals surface area contributed by atoms with E-state index < -0.39 is 0 Å². The molecule has 0 spiro atoms. The zero-order chi connectivity index (χ0) is 10.1. The normalized spacial score (nSPS) is 14.2. The Kier molecular flexibility index (Phi) is 4.43. The van der Waals surface area contributed by atoms with Crippen LogP contribution in [0.5, 0.6) is 0 Å². The Balaban J connectivity index is 2.34. The molecule has 0 aromatic heterocycles. The van der Waals surface area contributed by atoms with Crippen molar-refractivity contribution >= 4 is 0 Å². The smallest absolute Gasteiger partial charge is 0.142 e. The van der Waals surface area contributed by atoms with Gasteiger partial charge in [-0.25, -0.2) is 0 Å². The van der Waals surface area contributed by atoms with E-state index in [2.05, 4.69) is 59.2 Å². The van der Waals surface area contributed by atoms with Crippen molar-refractivity contribution in [1.29, 1.82) is 0 Å². The van der Waals surface area contributed by atoms with Crippen molar-refractivity contribution < 1.29 is 4.74 Å². The van der Waals surface area contributed by atoms with Gasteiger partial charge >= 0.3 is 0 Å². The number of hydrogen-bond donors (Lipinski definition) is 0. The molecule has 1 heterocycles. The van der Waals surface area contributed by atoms with Gasteiger partial charge in [0.05, 0.1) is 6.61 Å². The van der Waals surface area contributed by atoms with Crippen molar-refractivity contribution in [2.24, 2.45) is 0 Å². The van der Waals surface area contributed by atoms with Crippen molar-refractivity contribution in [3.63, 3.8) is 0 Å². The van der Waals surface area contributed by atoms with E-state index in [1.54, 1.807) is 6.92 Å². The molecule has 14 heavy (non-hydrogen) atoms. The van der Waals surface area contributed by atoms with Gasteiger partial charge in [0, 0.05) is 0 Å². The van der Waals surface area contributed by atoms with E-state index >= 15 is 0 Å². The molecule has 0 bridgehead atoms. The van der Waals surface area contributed by atoms with E-state index in [1.165, 1.54) is 0 Å². The minimum atomic E-state index is 0.0943. The molecule has 1 aliphatic heterocycles. The monoisotopic (exact) mass is 178 g/mol. The maximum atomic E-state index is 4.87. The van der Waals surface area contributed by atoms with Gasteiger partial charge in [0.15, 0.2) is 0 Å². The standard InChI is InChI=1S/C13H6O/c1-2-3-4-5-6-7-8-9-10-11-13-12-14-13/h13H,12H2,1H3. The van der Waals surface area contributed by atoms with E-state index in [0.29, 0.717) is 0 Å². The summed E-state index contributed by atoms with van der Waals surface area (Å²) < 4.78 is 4.87. The van der Waals surface area contributed by atoms with Gasteiger partial charge in [0.2, 0.25) is 0 Å². The van der Waals surface area contributed by atoms with Gasteiger partial charge in [-0.15, -0.1) is 0 Å². The van der Waals surface area contributed by atoms with E-state index in [1.807, 2.05) is 0 Å². The van der Waals surface area contributed by atoms with Gasteiger partial charge in [-0.2, -0.15) is 0 Å². The molecule has 0 saturated carbocycles. The third-order valence-corrected chi connectivity index (χ3v) is 1.13. The van der Waals surface area contributed by atoms with Crippen LogP contribution in [-0.2, 0) is 4.74 Å². The van der Waals surface area contributed by atoms with Crippen molar-refractivity contribution in [3.05, 3.63) is 0 Å². The number of hydrogen-bond acceptors (Lipinski definition) is 1. The van der Waals surface area contributed by atoms with E-state index in [-0.39, 0.29) is 6.10 Å². The Labute approximate surface area is 84.2 Å². The predicted octanol–water partition coefficient (Wildman–Crippen LogP) is 0.422. The third kappa shape index (κ3) is 5.42. The van der Waals surface area contributed by atoms with Gasteiger partial charge in [-0.05, 0) is 54.3 Å². The van der Waals surface area contributed by atoms with Crippen LogP contribution >= 0.6 is 0 Å². The second-order valence-electron chi connectivity index (χ2n) is 2.22. The molecular formula is C13H6O. The number of rotatable bonds is 0. The van der Waals surface area contributed by atoms with Crippen LogP contribution in [0.25, 0.3) is 0 Å². The van der Waals surface area contributed by atoms with Crippen molar-refractivity contribution in [2.75, 3.05) is 6.61 Å². The Morgan fingerprint density at radius 3 is 1.86 bits per heavy atom. The highest BCUT2D eigenvalue weighted by molar-refractivity contribution is 5.42. The molecular weight excluding hydrogens is 172 g/mol. The summed E-state index contributed by atoms with van der Waals surface area (Å²) in [5.74, 6) is 25.9. The maximum Gasteiger partial charge on any atom is 0.142 e. The molecule has 1 fully saturated rings. The van der Waals surface area contributed by atoms with Gasteiger partial charge in [-0.3, -0.25) is 0 Å². The Hall–Kier alpha value is -2.24. The average Bonchev–Trinajstić information content (AvgIpc) is 2.99. The van der Waals surface area contributed by atoms with Crippen LogP contribution in [0.4, 0.5) is 0 Å². The van der Waals surface area contributed by atoms with Gasteiger partial charge in [-0.1, -0.05) is 11.8 Å². The Morgan fingerprint density at radius 1 is 0.857 bits per heavy atom. The molecule has 1 atom stereocenters. The molecule has 1 unspecified atom stereocenters. The Bertz CT molecular complexity index is 494. The predicted molar refractivity (Wildman–Crippen MR) is 54.3 cm³/mol. The maximum absolute atomic E-state index is 4.87. The molecule has 0 amide bonds. The van der Waals surface area contributed by atoms with Crippen LogP contribution < -0.4 is 0 Å². The molecule has 1 rings (SSSR count). The first-order valence-electron chi connectivity index (χ1n) is 3.97. The summed E-state index contributed by atoms with van der Waals surface area (Å²) in [5, 5.41) is 0. The molecule has 1 saturated heterocycles. The first-order valence-corrected chi connectivity index (χ1v) is 3.97. The van der Waals surface area contributed by atoms with Crippen LogP contribution in [-0.4, -0.2) is 12.7 Å². The average molecular weight is 178 g/mol. The summed E-state index contributed by atoms with van der Waals surface area (Å²) in [6, 6.07) is 0. The minimum Gasteiger partial charge on any atom is -0.359 e. The summed E-state index contributed by atoms with van der Waals surface area (Å²) in [6.07, 6.45) is 0.0943. The summed E-state index contributed by atoms with van der Waals surface area (Å²) >= 11 is 0. The topological polar surface area (TPSA) is 12.5 Å². The molecule has 1 nitrogen and oxygen atoms in total.